The first-order valence-corrected chi connectivity index (χ1v) is 7.69. The zero-order valence-corrected chi connectivity index (χ0v) is 12.6. The average molecular weight is 324 g/mol. The lowest BCUT2D eigenvalue weighted by atomic mass is 10.0. The number of hydrogen-bond donors (Lipinski definition) is 0. The van der Waals surface area contributed by atoms with E-state index in [1.54, 1.807) is 0 Å². The lowest BCUT2D eigenvalue weighted by Gasteiger charge is -2.12. The molecule has 0 N–H and O–H groups in total. The summed E-state index contributed by atoms with van der Waals surface area (Å²) >= 11 is 3.58. The van der Waals surface area contributed by atoms with Crippen LogP contribution in [0, 0.1) is 0 Å². The maximum Gasteiger partial charge on any atom is 0.0537 e. The van der Waals surface area contributed by atoms with Gasteiger partial charge < -0.3 is 4.57 Å². The molecule has 0 aliphatic heterocycles. The molecule has 1 aliphatic carbocycles. The van der Waals surface area contributed by atoms with Gasteiger partial charge in [-0.05, 0) is 48.7 Å². The minimum Gasteiger partial charge on any atom is -0.310 e. The molecule has 0 amide bonds. The minimum atomic E-state index is 1.11. The van der Waals surface area contributed by atoms with Crippen LogP contribution in [0.2, 0.25) is 0 Å². The molecule has 0 spiro atoms. The molecule has 0 fully saturated rings. The molecule has 1 aromatic heterocycles. The number of aryl methyl sites for hydroxylation is 1. The monoisotopic (exact) mass is 323 g/mol. The number of halogens is 1. The van der Waals surface area contributed by atoms with Gasteiger partial charge in [-0.1, -0.05) is 46.3 Å². The van der Waals surface area contributed by atoms with Gasteiger partial charge >= 0.3 is 0 Å². The third kappa shape index (κ3) is 1.75. The highest BCUT2D eigenvalue weighted by Gasteiger charge is 2.17. The summed E-state index contributed by atoms with van der Waals surface area (Å²) in [5.74, 6) is 0. The number of aromatic nitrogens is 1. The van der Waals surface area contributed by atoms with Crippen LogP contribution in [0.4, 0.5) is 0 Å². The minimum absolute atomic E-state index is 1.11. The second-order valence-electron chi connectivity index (χ2n) is 5.14. The second-order valence-corrected chi connectivity index (χ2v) is 6.05. The standard InChI is InChI=1S/C18H14BrN/c19-13-6-5-7-14(12-13)20-17-10-3-1-8-15(17)16-9-2-4-11-18(16)20/h1,3-8,10-12H,2,9H2. The van der Waals surface area contributed by atoms with E-state index in [1.807, 2.05) is 0 Å². The summed E-state index contributed by atoms with van der Waals surface area (Å²) in [5, 5.41) is 1.38. The van der Waals surface area contributed by atoms with Crippen molar-refractivity contribution >= 4 is 32.9 Å². The van der Waals surface area contributed by atoms with Crippen LogP contribution >= 0.6 is 15.9 Å². The molecule has 1 heterocycles. The van der Waals surface area contributed by atoms with Gasteiger partial charge in [0.2, 0.25) is 0 Å². The van der Waals surface area contributed by atoms with Crippen LogP contribution in [0.15, 0.2) is 59.1 Å². The van der Waals surface area contributed by atoms with Gasteiger partial charge in [-0.25, -0.2) is 0 Å². The van der Waals surface area contributed by atoms with Gasteiger partial charge in [0.15, 0.2) is 0 Å². The Labute approximate surface area is 126 Å². The summed E-state index contributed by atoms with van der Waals surface area (Å²) in [5.41, 5.74) is 5.31. The molecule has 20 heavy (non-hydrogen) atoms. The number of fused-ring (bicyclic) bond motifs is 3. The van der Waals surface area contributed by atoms with Gasteiger partial charge in [-0.15, -0.1) is 0 Å². The van der Waals surface area contributed by atoms with Crippen LogP contribution in [0.1, 0.15) is 17.7 Å². The van der Waals surface area contributed by atoms with Crippen molar-refractivity contribution in [3.8, 4) is 5.69 Å². The van der Waals surface area contributed by atoms with E-state index in [1.165, 1.54) is 27.8 Å². The van der Waals surface area contributed by atoms with Crippen molar-refractivity contribution in [2.24, 2.45) is 0 Å². The third-order valence-electron chi connectivity index (χ3n) is 3.92. The van der Waals surface area contributed by atoms with Gasteiger partial charge in [0.25, 0.3) is 0 Å². The Morgan fingerprint density at radius 2 is 1.90 bits per heavy atom. The zero-order valence-electron chi connectivity index (χ0n) is 11.0. The third-order valence-corrected chi connectivity index (χ3v) is 4.42. The molecule has 4 rings (SSSR count). The number of benzene rings is 2. The largest absolute Gasteiger partial charge is 0.310 e. The highest BCUT2D eigenvalue weighted by atomic mass is 79.9. The molecule has 0 bridgehead atoms. The van der Waals surface area contributed by atoms with E-state index in [4.69, 9.17) is 0 Å². The second kappa shape index (κ2) is 4.64. The van der Waals surface area contributed by atoms with E-state index in [0.717, 1.165) is 17.3 Å². The molecular weight excluding hydrogens is 310 g/mol. The van der Waals surface area contributed by atoms with Crippen molar-refractivity contribution in [1.82, 2.24) is 4.57 Å². The maximum absolute atomic E-state index is 3.58. The molecule has 0 radical (unpaired) electrons. The van der Waals surface area contributed by atoms with Crippen molar-refractivity contribution < 1.29 is 0 Å². The van der Waals surface area contributed by atoms with E-state index < -0.39 is 0 Å². The average Bonchev–Trinajstić information content (AvgIpc) is 2.82. The Morgan fingerprint density at radius 3 is 2.80 bits per heavy atom. The quantitative estimate of drug-likeness (QED) is 0.568. The van der Waals surface area contributed by atoms with E-state index in [-0.39, 0.29) is 0 Å². The summed E-state index contributed by atoms with van der Waals surface area (Å²) in [6.45, 7) is 0. The van der Waals surface area contributed by atoms with E-state index in [0.29, 0.717) is 0 Å². The Bertz CT molecular complexity index is 827. The fourth-order valence-corrected chi connectivity index (χ4v) is 3.47. The molecule has 1 aliphatic rings. The van der Waals surface area contributed by atoms with E-state index in [9.17, 15) is 0 Å². The van der Waals surface area contributed by atoms with E-state index >= 15 is 0 Å². The number of nitrogens with zero attached hydrogens (tertiary/aromatic N) is 1. The SMILES string of the molecule is Brc1cccc(-n2c3c(c4ccccc42)CCC=C3)c1. The van der Waals surface area contributed by atoms with E-state index in [2.05, 4.69) is 81.2 Å². The first kappa shape index (κ1) is 12.0. The Hall–Kier alpha value is -1.80. The predicted molar refractivity (Wildman–Crippen MR) is 88.3 cm³/mol. The first-order valence-electron chi connectivity index (χ1n) is 6.89. The molecule has 0 saturated heterocycles. The number of hydrogen-bond acceptors (Lipinski definition) is 0. The van der Waals surface area contributed by atoms with Crippen molar-refractivity contribution in [3.63, 3.8) is 0 Å². The highest BCUT2D eigenvalue weighted by molar-refractivity contribution is 9.10. The Balaban J connectivity index is 2.11. The Morgan fingerprint density at radius 1 is 1.00 bits per heavy atom. The predicted octanol–water partition coefficient (Wildman–Crippen LogP) is 5.35. The van der Waals surface area contributed by atoms with Gasteiger partial charge in [-0.3, -0.25) is 0 Å². The van der Waals surface area contributed by atoms with Crippen LogP contribution in [-0.4, -0.2) is 4.57 Å². The Kier molecular flexibility index (Phi) is 2.78. The molecule has 0 atom stereocenters. The smallest absolute Gasteiger partial charge is 0.0537 e. The topological polar surface area (TPSA) is 4.93 Å². The van der Waals surface area contributed by atoms with Crippen molar-refractivity contribution in [2.45, 2.75) is 12.8 Å². The molecule has 1 nitrogen and oxygen atoms in total. The highest BCUT2D eigenvalue weighted by Crippen LogP contribution is 2.34. The van der Waals surface area contributed by atoms with Crippen molar-refractivity contribution in [3.05, 3.63) is 70.3 Å². The lowest BCUT2D eigenvalue weighted by Crippen LogP contribution is -2.00. The van der Waals surface area contributed by atoms with Gasteiger partial charge in [-0.2, -0.15) is 0 Å². The molecule has 98 valence electrons. The van der Waals surface area contributed by atoms with Gasteiger partial charge in [0, 0.05) is 21.2 Å². The molecular formula is C18H14BrN. The molecule has 2 heteroatoms. The maximum atomic E-state index is 3.58. The fourth-order valence-electron chi connectivity index (χ4n) is 3.08. The summed E-state index contributed by atoms with van der Waals surface area (Å²) in [6.07, 6.45) is 6.81. The summed E-state index contributed by atoms with van der Waals surface area (Å²) in [7, 11) is 0. The van der Waals surface area contributed by atoms with Crippen LogP contribution in [0.25, 0.3) is 22.7 Å². The first-order chi connectivity index (χ1) is 9.84. The van der Waals surface area contributed by atoms with Crippen LogP contribution in [0.5, 0.6) is 0 Å². The number of rotatable bonds is 1. The lowest BCUT2D eigenvalue weighted by molar-refractivity contribution is 0.967. The normalized spacial score (nSPS) is 13.7. The summed E-state index contributed by atoms with van der Waals surface area (Å²) in [4.78, 5) is 0. The van der Waals surface area contributed by atoms with Crippen molar-refractivity contribution in [1.29, 1.82) is 0 Å². The molecule has 0 unspecified atom stereocenters. The van der Waals surface area contributed by atoms with Gasteiger partial charge in [0.1, 0.15) is 0 Å². The molecule has 2 aromatic carbocycles. The molecule has 0 saturated carbocycles. The number of allylic oxidation sites excluding steroid dienone is 1. The van der Waals surface area contributed by atoms with Gasteiger partial charge in [0.05, 0.1) is 5.52 Å². The van der Waals surface area contributed by atoms with Crippen LogP contribution in [-0.2, 0) is 6.42 Å². The van der Waals surface area contributed by atoms with Crippen LogP contribution in [0.3, 0.4) is 0 Å². The fraction of sp³-hybridized carbons (Fsp3) is 0.111. The van der Waals surface area contributed by atoms with Crippen molar-refractivity contribution in [2.75, 3.05) is 0 Å². The summed E-state index contributed by atoms with van der Waals surface area (Å²) < 4.78 is 3.48. The summed E-state index contributed by atoms with van der Waals surface area (Å²) in [6, 6.07) is 17.2. The number of para-hydroxylation sites is 1. The molecule has 3 aromatic rings. The van der Waals surface area contributed by atoms with Crippen LogP contribution < -0.4 is 0 Å². The zero-order chi connectivity index (χ0) is 13.5.